The van der Waals surface area contributed by atoms with Crippen LogP contribution in [-0.2, 0) is 9.59 Å². The van der Waals surface area contributed by atoms with Gasteiger partial charge in [0.25, 0.3) is 11.7 Å². The molecule has 1 saturated heterocycles. The van der Waals surface area contributed by atoms with Gasteiger partial charge in [-0.05, 0) is 36.2 Å². The first-order valence-corrected chi connectivity index (χ1v) is 9.02. The SMILES string of the molecule is CCCCCN1C(=O)C(=O)/C(=C(\O)c2ccncc2)C1c1ccc(O)cc1. The summed E-state index contributed by atoms with van der Waals surface area (Å²) in [7, 11) is 0. The molecule has 140 valence electrons. The fraction of sp³-hybridized carbons (Fsp3) is 0.286. The van der Waals surface area contributed by atoms with Crippen LogP contribution in [0, 0.1) is 0 Å². The van der Waals surface area contributed by atoms with Crippen molar-refractivity contribution in [3.63, 3.8) is 0 Å². The number of carbonyl (C=O) groups is 2. The molecule has 3 rings (SSSR count). The minimum Gasteiger partial charge on any atom is -0.508 e. The number of nitrogens with zero attached hydrogens (tertiary/aromatic N) is 2. The summed E-state index contributed by atoms with van der Waals surface area (Å²) in [6.45, 7) is 2.49. The van der Waals surface area contributed by atoms with E-state index in [9.17, 15) is 19.8 Å². The molecule has 1 aromatic carbocycles. The van der Waals surface area contributed by atoms with Crippen molar-refractivity contribution >= 4 is 17.4 Å². The number of phenols is 1. The number of likely N-dealkylation sites (tertiary alicyclic amines) is 1. The van der Waals surface area contributed by atoms with E-state index in [0.29, 0.717) is 17.7 Å². The number of amides is 1. The minimum absolute atomic E-state index is 0.0633. The standard InChI is InChI=1S/C21H22N2O4/c1-2-3-4-13-23-18(14-5-7-16(24)8-6-14)17(20(26)21(23)27)19(25)15-9-11-22-12-10-15/h5-12,18,24-25H,2-4,13H2,1H3/b19-17-. The number of Topliss-reactive ketones (excluding diaryl/α,β-unsaturated/α-hetero) is 1. The smallest absolute Gasteiger partial charge is 0.295 e. The van der Waals surface area contributed by atoms with Gasteiger partial charge in [0.2, 0.25) is 0 Å². The number of ketones is 1. The molecule has 6 heteroatoms. The van der Waals surface area contributed by atoms with E-state index in [1.54, 1.807) is 24.3 Å². The van der Waals surface area contributed by atoms with Crippen LogP contribution >= 0.6 is 0 Å². The van der Waals surface area contributed by atoms with Gasteiger partial charge in [-0.1, -0.05) is 31.9 Å². The third-order valence-electron chi connectivity index (χ3n) is 4.71. The summed E-state index contributed by atoms with van der Waals surface area (Å²) in [5.74, 6) is -1.43. The number of aromatic hydroxyl groups is 1. The molecular formula is C21H22N2O4. The highest BCUT2D eigenvalue weighted by Gasteiger charge is 2.45. The summed E-state index contributed by atoms with van der Waals surface area (Å²) >= 11 is 0. The van der Waals surface area contributed by atoms with Crippen LogP contribution in [0.1, 0.15) is 43.4 Å². The van der Waals surface area contributed by atoms with Gasteiger partial charge in [0, 0.05) is 24.5 Å². The number of hydrogen-bond acceptors (Lipinski definition) is 5. The summed E-state index contributed by atoms with van der Waals surface area (Å²) < 4.78 is 0. The van der Waals surface area contributed by atoms with Crippen LogP contribution in [0.5, 0.6) is 5.75 Å². The molecule has 1 atom stereocenters. The van der Waals surface area contributed by atoms with Gasteiger partial charge in [0.15, 0.2) is 0 Å². The Bertz CT molecular complexity index is 860. The fourth-order valence-electron chi connectivity index (χ4n) is 3.31. The number of benzene rings is 1. The molecule has 6 nitrogen and oxygen atoms in total. The molecule has 0 radical (unpaired) electrons. The Balaban J connectivity index is 2.10. The van der Waals surface area contributed by atoms with E-state index < -0.39 is 17.7 Å². The fourth-order valence-corrected chi connectivity index (χ4v) is 3.31. The number of aliphatic hydroxyl groups is 1. The molecular weight excluding hydrogens is 344 g/mol. The zero-order valence-electron chi connectivity index (χ0n) is 15.1. The topological polar surface area (TPSA) is 90.7 Å². The van der Waals surface area contributed by atoms with Gasteiger partial charge in [-0.3, -0.25) is 14.6 Å². The quantitative estimate of drug-likeness (QED) is 0.354. The van der Waals surface area contributed by atoms with E-state index >= 15 is 0 Å². The number of hydrogen-bond donors (Lipinski definition) is 2. The number of phenolic OH excluding ortho intramolecular Hbond substituents is 1. The van der Waals surface area contributed by atoms with Gasteiger partial charge >= 0.3 is 0 Å². The van der Waals surface area contributed by atoms with E-state index in [1.807, 2.05) is 0 Å². The average molecular weight is 366 g/mol. The van der Waals surface area contributed by atoms with E-state index in [-0.39, 0.29) is 17.1 Å². The molecule has 2 N–H and O–H groups in total. The van der Waals surface area contributed by atoms with Crippen molar-refractivity contribution in [2.75, 3.05) is 6.54 Å². The Morgan fingerprint density at radius 2 is 1.74 bits per heavy atom. The largest absolute Gasteiger partial charge is 0.508 e. The van der Waals surface area contributed by atoms with E-state index in [0.717, 1.165) is 19.3 Å². The highest BCUT2D eigenvalue weighted by atomic mass is 16.3. The van der Waals surface area contributed by atoms with Crippen molar-refractivity contribution in [2.45, 2.75) is 32.2 Å². The second kappa shape index (κ2) is 8.03. The van der Waals surface area contributed by atoms with Crippen LogP contribution in [0.25, 0.3) is 5.76 Å². The Kier molecular flexibility index (Phi) is 5.54. The van der Waals surface area contributed by atoms with Crippen LogP contribution in [-0.4, -0.2) is 38.3 Å². The van der Waals surface area contributed by atoms with Gasteiger partial charge < -0.3 is 15.1 Å². The third-order valence-corrected chi connectivity index (χ3v) is 4.71. The normalized spacial score (nSPS) is 18.9. The molecule has 1 aliphatic heterocycles. The van der Waals surface area contributed by atoms with Gasteiger partial charge in [0.1, 0.15) is 11.5 Å². The maximum absolute atomic E-state index is 12.7. The summed E-state index contributed by atoms with van der Waals surface area (Å²) in [5.41, 5.74) is 1.16. The molecule has 27 heavy (non-hydrogen) atoms. The van der Waals surface area contributed by atoms with Crippen molar-refractivity contribution < 1.29 is 19.8 Å². The highest BCUT2D eigenvalue weighted by Crippen LogP contribution is 2.39. The number of pyridine rings is 1. The predicted octanol–water partition coefficient (Wildman–Crippen LogP) is 3.40. The van der Waals surface area contributed by atoms with Crippen molar-refractivity contribution in [1.29, 1.82) is 0 Å². The summed E-state index contributed by atoms with van der Waals surface area (Å²) in [6, 6.07) is 8.84. The van der Waals surface area contributed by atoms with Crippen LogP contribution in [0.2, 0.25) is 0 Å². The van der Waals surface area contributed by atoms with Gasteiger partial charge in [-0.15, -0.1) is 0 Å². The Labute approximate surface area is 157 Å². The molecule has 2 heterocycles. The molecule has 0 saturated carbocycles. The molecule has 1 aromatic heterocycles. The zero-order chi connectivity index (χ0) is 19.4. The lowest BCUT2D eigenvalue weighted by Gasteiger charge is -2.25. The van der Waals surface area contributed by atoms with Gasteiger partial charge in [0.05, 0.1) is 11.6 Å². The third kappa shape index (κ3) is 3.69. The van der Waals surface area contributed by atoms with Crippen molar-refractivity contribution in [2.24, 2.45) is 0 Å². The van der Waals surface area contributed by atoms with E-state index in [1.165, 1.54) is 29.4 Å². The first-order valence-electron chi connectivity index (χ1n) is 9.02. The number of carbonyl (C=O) groups excluding carboxylic acids is 2. The number of unbranched alkanes of at least 4 members (excludes halogenated alkanes) is 2. The molecule has 0 bridgehead atoms. The number of aliphatic hydroxyl groups excluding tert-OH is 1. The minimum atomic E-state index is -0.695. The Morgan fingerprint density at radius 3 is 2.37 bits per heavy atom. The molecule has 1 unspecified atom stereocenters. The van der Waals surface area contributed by atoms with E-state index in [2.05, 4.69) is 11.9 Å². The first kappa shape index (κ1) is 18.6. The molecule has 2 aromatic rings. The molecule has 1 amide bonds. The lowest BCUT2D eigenvalue weighted by Crippen LogP contribution is -2.30. The average Bonchev–Trinajstić information content (AvgIpc) is 2.94. The van der Waals surface area contributed by atoms with Crippen LogP contribution in [0.15, 0.2) is 54.4 Å². The predicted molar refractivity (Wildman–Crippen MR) is 101 cm³/mol. The lowest BCUT2D eigenvalue weighted by molar-refractivity contribution is -0.139. The van der Waals surface area contributed by atoms with Crippen LogP contribution < -0.4 is 0 Å². The molecule has 0 spiro atoms. The van der Waals surface area contributed by atoms with Gasteiger partial charge in [-0.2, -0.15) is 0 Å². The van der Waals surface area contributed by atoms with Crippen LogP contribution in [0.3, 0.4) is 0 Å². The van der Waals surface area contributed by atoms with Crippen molar-refractivity contribution in [1.82, 2.24) is 9.88 Å². The summed E-state index contributed by atoms with van der Waals surface area (Å²) in [6.07, 6.45) is 5.73. The van der Waals surface area contributed by atoms with Crippen LogP contribution in [0.4, 0.5) is 0 Å². The monoisotopic (exact) mass is 366 g/mol. The maximum atomic E-state index is 12.7. The highest BCUT2D eigenvalue weighted by molar-refractivity contribution is 6.46. The van der Waals surface area contributed by atoms with Crippen molar-refractivity contribution in [3.05, 3.63) is 65.5 Å². The number of aromatic nitrogens is 1. The lowest BCUT2D eigenvalue weighted by atomic mass is 9.95. The molecule has 1 fully saturated rings. The van der Waals surface area contributed by atoms with Gasteiger partial charge in [-0.25, -0.2) is 0 Å². The molecule has 0 aliphatic carbocycles. The molecule has 1 aliphatic rings. The zero-order valence-corrected chi connectivity index (χ0v) is 15.1. The van der Waals surface area contributed by atoms with E-state index in [4.69, 9.17) is 0 Å². The maximum Gasteiger partial charge on any atom is 0.295 e. The van der Waals surface area contributed by atoms with Crippen molar-refractivity contribution in [3.8, 4) is 5.75 Å². The Morgan fingerprint density at radius 1 is 1.07 bits per heavy atom. The second-order valence-electron chi connectivity index (χ2n) is 6.53. The summed E-state index contributed by atoms with van der Waals surface area (Å²) in [5, 5.41) is 20.4. The second-order valence-corrected chi connectivity index (χ2v) is 6.53. The Hall–Kier alpha value is -3.15. The first-order chi connectivity index (χ1) is 13.0. The summed E-state index contributed by atoms with van der Waals surface area (Å²) in [4.78, 5) is 30.8. The number of rotatable bonds is 6.